The fourth-order valence-corrected chi connectivity index (χ4v) is 2.14. The van der Waals surface area contributed by atoms with Crippen molar-refractivity contribution in [2.45, 2.75) is 19.4 Å². The van der Waals surface area contributed by atoms with Crippen LogP contribution in [0.4, 0.5) is 17.2 Å². The molecule has 0 bridgehead atoms. The number of nitrogens with one attached hydrogen (secondary N) is 2. The van der Waals surface area contributed by atoms with Gasteiger partial charge < -0.3 is 10.6 Å². The molecule has 2 N–H and O–H groups in total. The maximum atomic E-state index is 11.8. The van der Waals surface area contributed by atoms with Crippen LogP contribution in [0.5, 0.6) is 0 Å². The number of carbonyl (C=O) groups excluding carboxylic acids is 1. The lowest BCUT2D eigenvalue weighted by molar-refractivity contribution is -0.385. The predicted octanol–water partition coefficient (Wildman–Crippen LogP) is 2.95. The number of benzene rings is 1. The van der Waals surface area contributed by atoms with Gasteiger partial charge in [0.2, 0.25) is 5.91 Å². The first kappa shape index (κ1) is 15.0. The molecule has 1 fully saturated rings. The number of anilines is 2. The molecular weight excluding hydrogens is 296 g/mol. The molecule has 0 radical (unpaired) electrons. The summed E-state index contributed by atoms with van der Waals surface area (Å²) in [5, 5.41) is 16.6. The van der Waals surface area contributed by atoms with Gasteiger partial charge in [0.15, 0.2) is 0 Å². The van der Waals surface area contributed by atoms with Gasteiger partial charge in [0.05, 0.1) is 4.92 Å². The van der Waals surface area contributed by atoms with E-state index in [-0.39, 0.29) is 17.5 Å². The van der Waals surface area contributed by atoms with Gasteiger partial charge >= 0.3 is 0 Å². The predicted molar refractivity (Wildman–Crippen MR) is 86.0 cm³/mol. The van der Waals surface area contributed by atoms with Gasteiger partial charge in [0.25, 0.3) is 5.69 Å². The van der Waals surface area contributed by atoms with Crippen LogP contribution in [0.25, 0.3) is 0 Å². The van der Waals surface area contributed by atoms with Crippen LogP contribution in [0.1, 0.15) is 18.4 Å². The third-order valence-corrected chi connectivity index (χ3v) is 3.57. The molecule has 0 unspecified atom stereocenters. The number of rotatable bonds is 6. The minimum atomic E-state index is -0.483. The Morgan fingerprint density at radius 1 is 1.30 bits per heavy atom. The summed E-state index contributed by atoms with van der Waals surface area (Å²) >= 11 is 0. The fraction of sp³-hybridized carbons (Fsp3) is 0.250. The zero-order valence-corrected chi connectivity index (χ0v) is 12.4. The summed E-state index contributed by atoms with van der Waals surface area (Å²) in [5.74, 6) is 0.802. The van der Waals surface area contributed by atoms with Crippen molar-refractivity contribution in [3.63, 3.8) is 0 Å². The van der Waals surface area contributed by atoms with Crippen molar-refractivity contribution in [1.29, 1.82) is 0 Å². The maximum absolute atomic E-state index is 11.8. The molecule has 0 spiro atoms. The van der Waals surface area contributed by atoms with Gasteiger partial charge in [-0.1, -0.05) is 12.1 Å². The Balaban J connectivity index is 1.59. The Kier molecular flexibility index (Phi) is 4.18. The summed E-state index contributed by atoms with van der Waals surface area (Å²) in [6.07, 6.45) is 3.16. The number of carbonyl (C=O) groups is 1. The number of nitro groups is 1. The topological polar surface area (TPSA) is 97.2 Å². The quantitative estimate of drug-likeness (QED) is 0.631. The highest BCUT2D eigenvalue weighted by atomic mass is 16.6. The van der Waals surface area contributed by atoms with Crippen molar-refractivity contribution >= 4 is 23.1 Å². The van der Waals surface area contributed by atoms with E-state index in [0.717, 1.165) is 24.1 Å². The highest BCUT2D eigenvalue weighted by molar-refractivity contribution is 5.94. The Labute approximate surface area is 132 Å². The number of hydrogen-bond donors (Lipinski definition) is 2. The van der Waals surface area contributed by atoms with Gasteiger partial charge in [0, 0.05) is 24.2 Å². The number of amides is 1. The zero-order valence-electron chi connectivity index (χ0n) is 12.4. The van der Waals surface area contributed by atoms with E-state index in [2.05, 4.69) is 15.6 Å². The molecule has 2 aromatic rings. The number of aromatic nitrogens is 1. The first-order valence-corrected chi connectivity index (χ1v) is 7.36. The van der Waals surface area contributed by atoms with E-state index in [0.29, 0.717) is 12.4 Å². The Hall–Kier alpha value is -2.96. The molecule has 118 valence electrons. The van der Waals surface area contributed by atoms with Crippen LogP contribution in [0.2, 0.25) is 0 Å². The van der Waals surface area contributed by atoms with Gasteiger partial charge in [-0.25, -0.2) is 4.98 Å². The minimum absolute atomic E-state index is 0.0414. The normalized spacial score (nSPS) is 13.4. The molecule has 23 heavy (non-hydrogen) atoms. The molecule has 0 aliphatic heterocycles. The van der Waals surface area contributed by atoms with Crippen molar-refractivity contribution in [2.24, 2.45) is 5.92 Å². The summed E-state index contributed by atoms with van der Waals surface area (Å²) in [6.45, 7) is 0.512. The van der Waals surface area contributed by atoms with Crippen LogP contribution in [0.3, 0.4) is 0 Å². The molecule has 7 nitrogen and oxygen atoms in total. The van der Waals surface area contributed by atoms with Crippen LogP contribution in [0.15, 0.2) is 42.6 Å². The molecule has 1 saturated carbocycles. The lowest BCUT2D eigenvalue weighted by Gasteiger charge is -2.08. The van der Waals surface area contributed by atoms with Gasteiger partial charge in [-0.2, -0.15) is 0 Å². The first-order valence-electron chi connectivity index (χ1n) is 7.36. The lowest BCUT2D eigenvalue weighted by atomic mass is 10.2. The summed E-state index contributed by atoms with van der Waals surface area (Å²) in [6, 6.07) is 10.5. The summed E-state index contributed by atoms with van der Waals surface area (Å²) in [4.78, 5) is 25.9. The Morgan fingerprint density at radius 3 is 2.78 bits per heavy atom. The molecule has 1 aromatic carbocycles. The van der Waals surface area contributed by atoms with E-state index >= 15 is 0 Å². The van der Waals surface area contributed by atoms with Crippen molar-refractivity contribution in [3.05, 3.63) is 58.3 Å². The lowest BCUT2D eigenvalue weighted by Crippen LogP contribution is -2.13. The Morgan fingerprint density at radius 2 is 2.13 bits per heavy atom. The molecule has 1 aromatic heterocycles. The first-order chi connectivity index (χ1) is 11.1. The maximum Gasteiger partial charge on any atom is 0.287 e. The largest absolute Gasteiger partial charge is 0.366 e. The van der Waals surface area contributed by atoms with E-state index in [1.165, 1.54) is 12.3 Å². The third-order valence-electron chi connectivity index (χ3n) is 3.57. The minimum Gasteiger partial charge on any atom is -0.366 e. The molecule has 0 atom stereocenters. The molecule has 1 aliphatic rings. The fourth-order valence-electron chi connectivity index (χ4n) is 2.14. The van der Waals surface area contributed by atoms with Gasteiger partial charge in [-0.15, -0.1) is 0 Å². The standard InChI is InChI=1S/C16H16N4O3/c21-16(12-4-5-12)19-13-3-1-2-11(8-13)9-17-15-7-6-14(10-18-15)20(22)23/h1-3,6-8,10,12H,4-5,9H2,(H,17,18)(H,19,21). The Bertz CT molecular complexity index is 726. The zero-order chi connectivity index (χ0) is 16.2. The van der Waals surface area contributed by atoms with Crippen molar-refractivity contribution < 1.29 is 9.72 Å². The second kappa shape index (κ2) is 6.43. The van der Waals surface area contributed by atoms with Gasteiger partial charge in [-0.05, 0) is 36.6 Å². The van der Waals surface area contributed by atoms with E-state index in [1.807, 2.05) is 24.3 Å². The van der Waals surface area contributed by atoms with Gasteiger partial charge in [0.1, 0.15) is 12.0 Å². The van der Waals surface area contributed by atoms with E-state index in [1.54, 1.807) is 6.07 Å². The monoisotopic (exact) mass is 312 g/mol. The smallest absolute Gasteiger partial charge is 0.287 e. The molecule has 1 aliphatic carbocycles. The molecule has 1 heterocycles. The highest BCUT2D eigenvalue weighted by Gasteiger charge is 2.29. The average Bonchev–Trinajstić information content (AvgIpc) is 3.38. The van der Waals surface area contributed by atoms with Crippen LogP contribution < -0.4 is 10.6 Å². The molecule has 3 rings (SSSR count). The van der Waals surface area contributed by atoms with Crippen molar-refractivity contribution in [3.8, 4) is 0 Å². The van der Waals surface area contributed by atoms with Crippen molar-refractivity contribution in [1.82, 2.24) is 4.98 Å². The second-order valence-corrected chi connectivity index (χ2v) is 5.48. The number of pyridine rings is 1. The summed E-state index contributed by atoms with van der Waals surface area (Å²) in [7, 11) is 0. The summed E-state index contributed by atoms with van der Waals surface area (Å²) in [5.41, 5.74) is 1.72. The van der Waals surface area contributed by atoms with Gasteiger partial charge in [-0.3, -0.25) is 14.9 Å². The van der Waals surface area contributed by atoms with Crippen LogP contribution >= 0.6 is 0 Å². The van der Waals surface area contributed by atoms with Crippen molar-refractivity contribution in [2.75, 3.05) is 10.6 Å². The molecule has 0 saturated heterocycles. The average molecular weight is 312 g/mol. The SMILES string of the molecule is O=C(Nc1cccc(CNc2ccc([N+](=O)[O-])cn2)c1)C1CC1. The number of nitrogens with zero attached hydrogens (tertiary/aromatic N) is 2. The highest BCUT2D eigenvalue weighted by Crippen LogP contribution is 2.30. The van der Waals surface area contributed by atoms with Crippen LogP contribution in [0, 0.1) is 16.0 Å². The van der Waals surface area contributed by atoms with E-state index in [4.69, 9.17) is 0 Å². The molecular formula is C16H16N4O3. The molecule has 1 amide bonds. The third kappa shape index (κ3) is 4.03. The second-order valence-electron chi connectivity index (χ2n) is 5.48. The van der Waals surface area contributed by atoms with Crippen LogP contribution in [-0.4, -0.2) is 15.8 Å². The summed E-state index contributed by atoms with van der Waals surface area (Å²) < 4.78 is 0. The van der Waals surface area contributed by atoms with E-state index in [9.17, 15) is 14.9 Å². The molecule has 7 heteroatoms. The van der Waals surface area contributed by atoms with E-state index < -0.39 is 4.92 Å². The van der Waals surface area contributed by atoms with Crippen LogP contribution in [-0.2, 0) is 11.3 Å². The number of hydrogen-bond acceptors (Lipinski definition) is 5.